The van der Waals surface area contributed by atoms with Gasteiger partial charge in [-0.05, 0) is 6.08 Å². The maximum Gasteiger partial charge on any atom is 0.152 e. The topological polar surface area (TPSA) is 18.5 Å². The average Bonchev–Trinajstić information content (AvgIpc) is 1.83. The van der Waals surface area contributed by atoms with Gasteiger partial charge < -0.3 is 9.47 Å². The largest absolute Gasteiger partial charge is 0.501 e. The molecule has 0 heterocycles. The van der Waals surface area contributed by atoms with Gasteiger partial charge in [-0.2, -0.15) is 0 Å². The quantitative estimate of drug-likeness (QED) is 0.407. The molecule has 0 aliphatic heterocycles. The van der Waals surface area contributed by atoms with E-state index in [1.54, 1.807) is 20.3 Å². The van der Waals surface area contributed by atoms with E-state index in [9.17, 15) is 0 Å². The van der Waals surface area contributed by atoms with Gasteiger partial charge in [-0.15, -0.1) is 0 Å². The minimum atomic E-state index is 0.632. The molecule has 2 nitrogen and oxygen atoms in total. The molecule has 0 radical (unpaired) electrons. The lowest BCUT2D eigenvalue weighted by Crippen LogP contribution is -1.80. The molecular formula is C6H10O2. The van der Waals surface area contributed by atoms with Crippen LogP contribution in [0.2, 0.25) is 0 Å². The molecule has 0 aliphatic carbocycles. The van der Waals surface area contributed by atoms with Gasteiger partial charge in [0.1, 0.15) is 6.26 Å². The molecule has 0 N–H and O–H groups in total. The second-order valence-corrected chi connectivity index (χ2v) is 1.16. The lowest BCUT2D eigenvalue weighted by molar-refractivity contribution is 0.261. The molecule has 0 saturated carbocycles. The minimum absolute atomic E-state index is 0.632. The number of methoxy groups -OCH3 is 2. The molecule has 0 bridgehead atoms. The SMILES string of the molecule is C=CC(=COC)OC. The molecule has 0 amide bonds. The van der Waals surface area contributed by atoms with Crippen LogP contribution in [0.5, 0.6) is 0 Å². The Balaban J connectivity index is 3.66. The molecule has 0 aromatic carbocycles. The molecule has 0 fully saturated rings. The van der Waals surface area contributed by atoms with E-state index in [1.807, 2.05) is 0 Å². The van der Waals surface area contributed by atoms with Crippen molar-refractivity contribution in [2.45, 2.75) is 0 Å². The maximum absolute atomic E-state index is 4.76. The highest BCUT2D eigenvalue weighted by molar-refractivity contribution is 5.04. The highest BCUT2D eigenvalue weighted by atomic mass is 16.5. The van der Waals surface area contributed by atoms with Crippen LogP contribution in [-0.2, 0) is 9.47 Å². The molecule has 0 spiro atoms. The summed E-state index contributed by atoms with van der Waals surface area (Å²) >= 11 is 0. The maximum atomic E-state index is 4.76. The van der Waals surface area contributed by atoms with E-state index in [4.69, 9.17) is 4.74 Å². The molecule has 0 saturated heterocycles. The van der Waals surface area contributed by atoms with E-state index in [0.717, 1.165) is 0 Å². The summed E-state index contributed by atoms with van der Waals surface area (Å²) in [7, 11) is 3.12. The Morgan fingerprint density at radius 3 is 2.25 bits per heavy atom. The fourth-order valence-electron chi connectivity index (χ4n) is 0.296. The third kappa shape index (κ3) is 2.29. The summed E-state index contributed by atoms with van der Waals surface area (Å²) in [6, 6.07) is 0. The Hall–Kier alpha value is -0.920. The zero-order chi connectivity index (χ0) is 6.41. The first-order valence-electron chi connectivity index (χ1n) is 2.24. The van der Waals surface area contributed by atoms with E-state index in [2.05, 4.69) is 11.3 Å². The Kier molecular flexibility index (Phi) is 3.76. The normalized spacial score (nSPS) is 10.5. The van der Waals surface area contributed by atoms with Crippen molar-refractivity contribution in [1.29, 1.82) is 0 Å². The van der Waals surface area contributed by atoms with Crippen LogP contribution >= 0.6 is 0 Å². The van der Waals surface area contributed by atoms with Crippen molar-refractivity contribution < 1.29 is 9.47 Å². The lowest BCUT2D eigenvalue weighted by atomic mass is 10.5. The van der Waals surface area contributed by atoms with Gasteiger partial charge in [0.2, 0.25) is 0 Å². The third-order valence-corrected chi connectivity index (χ3v) is 0.671. The van der Waals surface area contributed by atoms with Crippen molar-refractivity contribution in [3.63, 3.8) is 0 Å². The highest BCUT2D eigenvalue weighted by Crippen LogP contribution is 1.93. The summed E-state index contributed by atoms with van der Waals surface area (Å²) in [5, 5.41) is 0. The van der Waals surface area contributed by atoms with Gasteiger partial charge in [0.15, 0.2) is 5.76 Å². The van der Waals surface area contributed by atoms with Crippen molar-refractivity contribution in [1.82, 2.24) is 0 Å². The van der Waals surface area contributed by atoms with Gasteiger partial charge in [0, 0.05) is 0 Å². The van der Waals surface area contributed by atoms with Gasteiger partial charge in [-0.25, -0.2) is 0 Å². The zero-order valence-corrected chi connectivity index (χ0v) is 5.18. The minimum Gasteiger partial charge on any atom is -0.501 e. The predicted molar refractivity (Wildman–Crippen MR) is 32.3 cm³/mol. The first-order valence-corrected chi connectivity index (χ1v) is 2.24. The van der Waals surface area contributed by atoms with Crippen molar-refractivity contribution in [2.24, 2.45) is 0 Å². The highest BCUT2D eigenvalue weighted by Gasteiger charge is 1.82. The van der Waals surface area contributed by atoms with E-state index < -0.39 is 0 Å². The van der Waals surface area contributed by atoms with Crippen LogP contribution in [0.1, 0.15) is 0 Å². The number of hydrogen-bond donors (Lipinski definition) is 0. The Bertz CT molecular complexity index is 94.7. The third-order valence-electron chi connectivity index (χ3n) is 0.671. The summed E-state index contributed by atoms with van der Waals surface area (Å²) in [5.41, 5.74) is 0. The first-order chi connectivity index (χ1) is 3.85. The van der Waals surface area contributed by atoms with Crippen LogP contribution in [-0.4, -0.2) is 14.2 Å². The van der Waals surface area contributed by atoms with E-state index in [0.29, 0.717) is 5.76 Å². The van der Waals surface area contributed by atoms with Crippen LogP contribution in [0.3, 0.4) is 0 Å². The number of rotatable bonds is 3. The van der Waals surface area contributed by atoms with E-state index >= 15 is 0 Å². The molecule has 0 aromatic heterocycles. The second-order valence-electron chi connectivity index (χ2n) is 1.16. The van der Waals surface area contributed by atoms with Crippen LogP contribution in [0.25, 0.3) is 0 Å². The number of ether oxygens (including phenoxy) is 2. The first kappa shape index (κ1) is 7.08. The molecule has 0 rings (SSSR count). The number of hydrogen-bond acceptors (Lipinski definition) is 2. The van der Waals surface area contributed by atoms with Crippen LogP contribution in [0.15, 0.2) is 24.7 Å². The van der Waals surface area contributed by atoms with Crippen LogP contribution in [0.4, 0.5) is 0 Å². The number of allylic oxidation sites excluding steroid dienone is 1. The molecule has 0 unspecified atom stereocenters. The predicted octanol–water partition coefficient (Wildman–Crippen LogP) is 1.31. The monoisotopic (exact) mass is 114 g/mol. The zero-order valence-electron chi connectivity index (χ0n) is 5.18. The lowest BCUT2D eigenvalue weighted by Gasteiger charge is -1.96. The Morgan fingerprint density at radius 1 is 1.50 bits per heavy atom. The molecule has 46 valence electrons. The Morgan fingerprint density at radius 2 is 2.12 bits per heavy atom. The van der Waals surface area contributed by atoms with Crippen LogP contribution < -0.4 is 0 Å². The van der Waals surface area contributed by atoms with Crippen molar-refractivity contribution in [3.05, 3.63) is 24.7 Å². The fourth-order valence-corrected chi connectivity index (χ4v) is 0.296. The molecule has 0 aromatic rings. The average molecular weight is 114 g/mol. The summed E-state index contributed by atoms with van der Waals surface area (Å²) in [4.78, 5) is 0. The van der Waals surface area contributed by atoms with E-state index in [1.165, 1.54) is 6.26 Å². The van der Waals surface area contributed by atoms with Crippen molar-refractivity contribution in [2.75, 3.05) is 14.2 Å². The van der Waals surface area contributed by atoms with E-state index in [-0.39, 0.29) is 0 Å². The molecule has 0 aliphatic rings. The Labute approximate surface area is 49.4 Å². The summed E-state index contributed by atoms with van der Waals surface area (Å²) < 4.78 is 9.39. The standard InChI is InChI=1S/C6H10O2/c1-4-6(8-3)5-7-2/h4-5H,1H2,2-3H3. The summed E-state index contributed by atoms with van der Waals surface area (Å²) in [6.07, 6.45) is 3.05. The van der Waals surface area contributed by atoms with Crippen LogP contribution in [0, 0.1) is 0 Å². The van der Waals surface area contributed by atoms with Gasteiger partial charge >= 0.3 is 0 Å². The van der Waals surface area contributed by atoms with Crippen molar-refractivity contribution in [3.8, 4) is 0 Å². The fraction of sp³-hybridized carbons (Fsp3) is 0.333. The van der Waals surface area contributed by atoms with Gasteiger partial charge in [-0.1, -0.05) is 6.58 Å². The molecular weight excluding hydrogens is 104 g/mol. The van der Waals surface area contributed by atoms with Gasteiger partial charge in [0.05, 0.1) is 14.2 Å². The smallest absolute Gasteiger partial charge is 0.152 e. The van der Waals surface area contributed by atoms with Crippen molar-refractivity contribution >= 4 is 0 Å². The summed E-state index contributed by atoms with van der Waals surface area (Å²) in [5.74, 6) is 0.632. The second kappa shape index (κ2) is 4.24. The summed E-state index contributed by atoms with van der Waals surface area (Å²) in [6.45, 7) is 3.48. The molecule has 8 heavy (non-hydrogen) atoms. The van der Waals surface area contributed by atoms with Gasteiger partial charge in [-0.3, -0.25) is 0 Å². The molecule has 0 atom stereocenters. The van der Waals surface area contributed by atoms with Gasteiger partial charge in [0.25, 0.3) is 0 Å². The molecule has 2 heteroatoms.